The highest BCUT2D eigenvalue weighted by Gasteiger charge is 2.15. The van der Waals surface area contributed by atoms with Crippen molar-refractivity contribution in [1.29, 1.82) is 0 Å². The fraction of sp³-hybridized carbons (Fsp3) is 0.588. The van der Waals surface area contributed by atoms with E-state index in [4.69, 9.17) is 0 Å². The molecule has 0 N–H and O–H groups in total. The normalized spacial score (nSPS) is 31.3. The molecule has 1 heteroatoms. The third-order valence-electron chi connectivity index (χ3n) is 3.78. The van der Waals surface area contributed by atoms with Crippen LogP contribution in [0.25, 0.3) is 0 Å². The molecule has 2 unspecified atom stereocenters. The molecule has 0 heterocycles. The van der Waals surface area contributed by atoms with E-state index in [1.807, 2.05) is 0 Å². The molecule has 100 valence electrons. The fourth-order valence-corrected chi connectivity index (χ4v) is 2.43. The van der Waals surface area contributed by atoms with Gasteiger partial charge in [0.2, 0.25) is 0 Å². The van der Waals surface area contributed by atoms with Crippen LogP contribution in [0.3, 0.4) is 0 Å². The molecule has 0 aromatic heterocycles. The highest BCUT2D eigenvalue weighted by atomic mass is 16.1. The van der Waals surface area contributed by atoms with E-state index in [1.54, 1.807) is 6.92 Å². The van der Waals surface area contributed by atoms with Crippen molar-refractivity contribution in [3.63, 3.8) is 0 Å². The average Bonchev–Trinajstić information content (AvgIpc) is 2.27. The van der Waals surface area contributed by atoms with E-state index in [-0.39, 0.29) is 11.7 Å². The van der Waals surface area contributed by atoms with Gasteiger partial charge in [-0.2, -0.15) is 0 Å². The van der Waals surface area contributed by atoms with E-state index in [0.29, 0.717) is 5.92 Å². The zero-order valence-corrected chi connectivity index (χ0v) is 12.2. The number of hydrogen-bond acceptors (Lipinski definition) is 1. The van der Waals surface area contributed by atoms with E-state index >= 15 is 0 Å². The molecule has 0 fully saturated rings. The predicted octanol–water partition coefficient (Wildman–Crippen LogP) is 4.85. The van der Waals surface area contributed by atoms with E-state index < -0.39 is 0 Å². The van der Waals surface area contributed by atoms with Gasteiger partial charge in [0.15, 0.2) is 0 Å². The lowest BCUT2D eigenvalue weighted by Crippen LogP contribution is -2.12. The van der Waals surface area contributed by atoms with Gasteiger partial charge in [0, 0.05) is 5.92 Å². The Morgan fingerprint density at radius 3 is 2.67 bits per heavy atom. The molecule has 0 aromatic carbocycles. The number of rotatable bonds is 1. The monoisotopic (exact) mass is 246 g/mol. The molecule has 0 bridgehead atoms. The number of hydrogen-bond donors (Lipinski definition) is 0. The van der Waals surface area contributed by atoms with Gasteiger partial charge in [0.05, 0.1) is 0 Å². The molecule has 1 aliphatic rings. The summed E-state index contributed by atoms with van der Waals surface area (Å²) in [6.45, 7) is 8.21. The first-order chi connectivity index (χ1) is 8.50. The number of Topliss-reactive ketones (excluding diaryl/α,β-unsaturated/α-hetero) is 1. The second-order valence-electron chi connectivity index (χ2n) is 5.60. The summed E-state index contributed by atoms with van der Waals surface area (Å²) in [5.41, 5.74) is 2.62. The SMILES string of the molecule is CC(=O)C1CC/C(C)=C\CCC(C)/C=C\C=C1C. The largest absolute Gasteiger partial charge is 0.299 e. The van der Waals surface area contributed by atoms with E-state index in [2.05, 4.69) is 45.1 Å². The van der Waals surface area contributed by atoms with E-state index in [9.17, 15) is 4.79 Å². The Labute approximate surface area is 112 Å². The Kier molecular flexibility index (Phi) is 6.11. The summed E-state index contributed by atoms with van der Waals surface area (Å²) in [5.74, 6) is 0.982. The molecular weight excluding hydrogens is 220 g/mol. The molecule has 0 saturated heterocycles. The van der Waals surface area contributed by atoms with Crippen molar-refractivity contribution in [3.8, 4) is 0 Å². The molecule has 0 spiro atoms. The van der Waals surface area contributed by atoms with Gasteiger partial charge >= 0.3 is 0 Å². The lowest BCUT2D eigenvalue weighted by molar-refractivity contribution is -0.119. The quantitative estimate of drug-likeness (QED) is 0.604. The first kappa shape index (κ1) is 14.9. The molecule has 1 rings (SSSR count). The molecular formula is C17H26O. The fourth-order valence-electron chi connectivity index (χ4n) is 2.43. The molecule has 0 radical (unpaired) electrons. The van der Waals surface area contributed by atoms with Gasteiger partial charge in [0.1, 0.15) is 5.78 Å². The van der Waals surface area contributed by atoms with Crippen LogP contribution < -0.4 is 0 Å². The van der Waals surface area contributed by atoms with Crippen molar-refractivity contribution < 1.29 is 4.79 Å². The van der Waals surface area contributed by atoms with Crippen LogP contribution in [0.15, 0.2) is 35.5 Å². The second-order valence-corrected chi connectivity index (χ2v) is 5.60. The van der Waals surface area contributed by atoms with Gasteiger partial charge in [-0.25, -0.2) is 0 Å². The Morgan fingerprint density at radius 2 is 2.00 bits per heavy atom. The van der Waals surface area contributed by atoms with Crippen LogP contribution in [0.5, 0.6) is 0 Å². The lowest BCUT2D eigenvalue weighted by Gasteiger charge is -2.15. The summed E-state index contributed by atoms with van der Waals surface area (Å²) in [4.78, 5) is 11.7. The standard InChI is InChI=1S/C17H26O/c1-13-7-5-8-14(2)11-12-17(16(4)18)15(3)10-6-9-13/h6,8-10,13,17H,5,7,11-12H2,1-4H3/b9-6-,14-8-,15-10?. The van der Waals surface area contributed by atoms with Gasteiger partial charge in [-0.05, 0) is 52.4 Å². The highest BCUT2D eigenvalue weighted by Crippen LogP contribution is 2.22. The molecule has 18 heavy (non-hydrogen) atoms. The van der Waals surface area contributed by atoms with Crippen molar-refractivity contribution in [3.05, 3.63) is 35.5 Å². The molecule has 0 amide bonds. The number of ketones is 1. The Balaban J connectivity index is 2.90. The minimum absolute atomic E-state index is 0.0905. The second kappa shape index (κ2) is 7.35. The summed E-state index contributed by atoms with van der Waals surface area (Å²) in [7, 11) is 0. The summed E-state index contributed by atoms with van der Waals surface area (Å²) < 4.78 is 0. The summed E-state index contributed by atoms with van der Waals surface area (Å²) in [5, 5.41) is 0. The minimum atomic E-state index is 0.0905. The van der Waals surface area contributed by atoms with Crippen molar-refractivity contribution in [2.24, 2.45) is 11.8 Å². The van der Waals surface area contributed by atoms with Gasteiger partial charge < -0.3 is 0 Å². The van der Waals surface area contributed by atoms with Gasteiger partial charge in [0.25, 0.3) is 0 Å². The molecule has 0 aliphatic heterocycles. The minimum Gasteiger partial charge on any atom is -0.299 e. The van der Waals surface area contributed by atoms with E-state index in [1.165, 1.54) is 17.6 Å². The van der Waals surface area contributed by atoms with Crippen LogP contribution >= 0.6 is 0 Å². The molecule has 1 aliphatic carbocycles. The van der Waals surface area contributed by atoms with Crippen molar-refractivity contribution in [2.45, 2.75) is 53.4 Å². The van der Waals surface area contributed by atoms with Crippen LogP contribution in [-0.4, -0.2) is 5.78 Å². The summed E-state index contributed by atoms with van der Waals surface area (Å²) in [6, 6.07) is 0. The zero-order chi connectivity index (χ0) is 13.5. The predicted molar refractivity (Wildman–Crippen MR) is 78.5 cm³/mol. The van der Waals surface area contributed by atoms with Gasteiger partial charge in [-0.15, -0.1) is 0 Å². The van der Waals surface area contributed by atoms with E-state index in [0.717, 1.165) is 19.3 Å². The maximum Gasteiger partial charge on any atom is 0.136 e. The Bertz CT molecular complexity index is 371. The number of allylic oxidation sites excluding steroid dienone is 6. The molecule has 0 saturated carbocycles. The van der Waals surface area contributed by atoms with Crippen molar-refractivity contribution in [1.82, 2.24) is 0 Å². The average molecular weight is 246 g/mol. The maximum atomic E-state index is 11.7. The van der Waals surface area contributed by atoms with Crippen LogP contribution in [-0.2, 0) is 4.79 Å². The van der Waals surface area contributed by atoms with Crippen LogP contribution in [0, 0.1) is 11.8 Å². The maximum absolute atomic E-state index is 11.7. The topological polar surface area (TPSA) is 17.1 Å². The smallest absolute Gasteiger partial charge is 0.136 e. The lowest BCUT2D eigenvalue weighted by atomic mass is 9.89. The van der Waals surface area contributed by atoms with Gasteiger partial charge in [-0.3, -0.25) is 4.79 Å². The van der Waals surface area contributed by atoms with Crippen LogP contribution in [0.2, 0.25) is 0 Å². The highest BCUT2D eigenvalue weighted by molar-refractivity contribution is 5.81. The van der Waals surface area contributed by atoms with Crippen molar-refractivity contribution >= 4 is 5.78 Å². The molecule has 0 aromatic rings. The third-order valence-corrected chi connectivity index (χ3v) is 3.78. The molecule has 1 nitrogen and oxygen atoms in total. The van der Waals surface area contributed by atoms with Crippen LogP contribution in [0.1, 0.15) is 53.4 Å². The third kappa shape index (κ3) is 5.03. The number of carbonyl (C=O) groups is 1. The van der Waals surface area contributed by atoms with Gasteiger partial charge in [-0.1, -0.05) is 42.4 Å². The first-order valence-electron chi connectivity index (χ1n) is 7.01. The summed E-state index contributed by atoms with van der Waals surface area (Å²) >= 11 is 0. The zero-order valence-electron chi connectivity index (χ0n) is 12.2. The van der Waals surface area contributed by atoms with Crippen LogP contribution in [0.4, 0.5) is 0 Å². The van der Waals surface area contributed by atoms with Crippen molar-refractivity contribution in [2.75, 3.05) is 0 Å². The first-order valence-corrected chi connectivity index (χ1v) is 7.01. The summed E-state index contributed by atoms with van der Waals surface area (Å²) in [6.07, 6.45) is 13.1. The Morgan fingerprint density at radius 1 is 1.28 bits per heavy atom. The molecule has 2 atom stereocenters. The number of carbonyl (C=O) groups excluding carboxylic acids is 1. The Hall–Kier alpha value is -1.11.